The molecule has 0 aromatic heterocycles. The Bertz CT molecular complexity index is 533. The molecular formula is C16H23BrN2O. The highest BCUT2D eigenvalue weighted by Gasteiger charge is 2.18. The number of halogens is 1. The molecule has 1 unspecified atom stereocenters. The fourth-order valence-corrected chi connectivity index (χ4v) is 2.69. The summed E-state index contributed by atoms with van der Waals surface area (Å²) >= 11 is 3.64. The van der Waals surface area contributed by atoms with Gasteiger partial charge in [-0.1, -0.05) is 29.8 Å². The summed E-state index contributed by atoms with van der Waals surface area (Å²) < 4.78 is 6.65. The summed E-state index contributed by atoms with van der Waals surface area (Å²) in [6, 6.07) is 2.35. The third-order valence-corrected chi connectivity index (χ3v) is 5.03. The van der Waals surface area contributed by atoms with Crippen molar-refractivity contribution in [3.8, 4) is 11.8 Å². The number of benzene rings is 1. The lowest BCUT2D eigenvalue weighted by Crippen LogP contribution is -2.19. The zero-order chi connectivity index (χ0) is 15.4. The molecule has 1 aromatic carbocycles. The molecule has 110 valence electrons. The first-order chi connectivity index (χ1) is 9.34. The summed E-state index contributed by atoms with van der Waals surface area (Å²) in [7, 11) is 1.69. The number of ether oxygens (including phenoxy) is 1. The molecule has 1 rings (SSSR count). The maximum absolute atomic E-state index is 9.19. The van der Waals surface area contributed by atoms with E-state index in [9.17, 15) is 5.26 Å². The predicted molar refractivity (Wildman–Crippen MR) is 87.3 cm³/mol. The minimum atomic E-state index is -0.0144. The van der Waals surface area contributed by atoms with Crippen molar-refractivity contribution in [2.75, 3.05) is 19.0 Å². The first-order valence-corrected chi connectivity index (χ1v) is 7.61. The molecular weight excluding hydrogens is 316 g/mol. The number of hydrogen-bond acceptors (Lipinski definition) is 3. The van der Waals surface area contributed by atoms with Gasteiger partial charge in [-0.15, -0.1) is 0 Å². The van der Waals surface area contributed by atoms with Crippen molar-refractivity contribution < 1.29 is 4.74 Å². The van der Waals surface area contributed by atoms with Gasteiger partial charge in [0, 0.05) is 11.0 Å². The van der Waals surface area contributed by atoms with E-state index >= 15 is 0 Å². The number of methoxy groups -OCH3 is 1. The van der Waals surface area contributed by atoms with Gasteiger partial charge in [0.2, 0.25) is 0 Å². The van der Waals surface area contributed by atoms with Crippen LogP contribution in [0.25, 0.3) is 0 Å². The van der Waals surface area contributed by atoms with Crippen molar-refractivity contribution in [1.29, 1.82) is 5.26 Å². The molecule has 1 N–H and O–H groups in total. The molecule has 0 radical (unpaired) electrons. The molecule has 0 aliphatic carbocycles. The largest absolute Gasteiger partial charge is 0.494 e. The Balaban J connectivity index is 3.16. The first-order valence-electron chi connectivity index (χ1n) is 6.81. The third kappa shape index (κ3) is 3.27. The summed E-state index contributed by atoms with van der Waals surface area (Å²) in [5, 5.41) is 12.6. The first kappa shape index (κ1) is 16.8. The summed E-state index contributed by atoms with van der Waals surface area (Å²) in [6.45, 7) is 10.9. The summed E-state index contributed by atoms with van der Waals surface area (Å²) in [4.78, 5) is 0. The Kier molecular flexibility index (Phi) is 5.88. The fraction of sp³-hybridized carbons (Fsp3) is 0.562. The second kappa shape index (κ2) is 6.99. The number of rotatable bonds is 5. The highest BCUT2D eigenvalue weighted by Crippen LogP contribution is 2.39. The van der Waals surface area contributed by atoms with Gasteiger partial charge in [-0.05, 0) is 43.4 Å². The number of nitrogens with zero attached hydrogens (tertiary/aromatic N) is 1. The van der Waals surface area contributed by atoms with Crippen molar-refractivity contribution in [3.05, 3.63) is 21.2 Å². The normalized spacial score (nSPS) is 12.2. The maximum atomic E-state index is 9.19. The van der Waals surface area contributed by atoms with Gasteiger partial charge < -0.3 is 10.1 Å². The van der Waals surface area contributed by atoms with Gasteiger partial charge in [0.05, 0.1) is 24.8 Å². The molecule has 0 saturated heterocycles. The smallest absolute Gasteiger partial charge is 0.145 e. The summed E-state index contributed by atoms with van der Waals surface area (Å²) in [5.41, 5.74) is 4.39. The van der Waals surface area contributed by atoms with E-state index in [1.54, 1.807) is 7.11 Å². The van der Waals surface area contributed by atoms with E-state index in [1.165, 1.54) is 5.56 Å². The third-order valence-electron chi connectivity index (χ3n) is 3.84. The highest BCUT2D eigenvalue weighted by atomic mass is 79.9. The van der Waals surface area contributed by atoms with Crippen molar-refractivity contribution in [1.82, 2.24) is 0 Å². The molecule has 0 bridgehead atoms. The van der Waals surface area contributed by atoms with Crippen LogP contribution in [-0.4, -0.2) is 13.7 Å². The lowest BCUT2D eigenvalue weighted by atomic mass is 9.97. The molecule has 1 atom stereocenters. The lowest BCUT2D eigenvalue weighted by Gasteiger charge is -2.22. The van der Waals surface area contributed by atoms with Gasteiger partial charge in [-0.2, -0.15) is 5.26 Å². The molecule has 0 amide bonds. The number of nitrogens with one attached hydrogen (secondary N) is 1. The molecule has 4 heteroatoms. The van der Waals surface area contributed by atoms with Crippen LogP contribution in [0, 0.1) is 43.9 Å². The van der Waals surface area contributed by atoms with Gasteiger partial charge in [-0.3, -0.25) is 0 Å². The number of hydrogen-bond donors (Lipinski definition) is 1. The minimum Gasteiger partial charge on any atom is -0.494 e. The van der Waals surface area contributed by atoms with Crippen molar-refractivity contribution >= 4 is 21.6 Å². The Morgan fingerprint density at radius 2 is 1.80 bits per heavy atom. The van der Waals surface area contributed by atoms with Crippen LogP contribution >= 0.6 is 15.9 Å². The molecule has 1 aromatic rings. The Morgan fingerprint density at radius 1 is 1.20 bits per heavy atom. The molecule has 20 heavy (non-hydrogen) atoms. The van der Waals surface area contributed by atoms with Crippen LogP contribution < -0.4 is 10.1 Å². The van der Waals surface area contributed by atoms with Crippen LogP contribution in [0.5, 0.6) is 5.75 Å². The average molecular weight is 339 g/mol. The molecule has 3 nitrogen and oxygen atoms in total. The fourth-order valence-electron chi connectivity index (χ4n) is 2.19. The van der Waals surface area contributed by atoms with Gasteiger partial charge in [0.25, 0.3) is 0 Å². The SMILES string of the molecule is COc1c(C)c(C)c(Br)c(C)c1NCC(C#N)C(C)C. The van der Waals surface area contributed by atoms with Gasteiger partial charge >= 0.3 is 0 Å². The van der Waals surface area contributed by atoms with Crippen LogP contribution in [0.4, 0.5) is 5.69 Å². The van der Waals surface area contributed by atoms with Crippen molar-refractivity contribution in [2.45, 2.75) is 34.6 Å². The monoisotopic (exact) mass is 338 g/mol. The average Bonchev–Trinajstić information content (AvgIpc) is 2.42. The van der Waals surface area contributed by atoms with E-state index in [2.05, 4.69) is 55.0 Å². The Morgan fingerprint density at radius 3 is 2.25 bits per heavy atom. The van der Waals surface area contributed by atoms with E-state index in [1.807, 2.05) is 6.92 Å². The van der Waals surface area contributed by atoms with Crippen LogP contribution in [0.1, 0.15) is 30.5 Å². The quantitative estimate of drug-likeness (QED) is 0.853. The predicted octanol–water partition coefficient (Wildman–Crippen LogP) is 4.59. The second-order valence-corrected chi connectivity index (χ2v) is 6.25. The summed E-state index contributed by atoms with van der Waals surface area (Å²) in [6.07, 6.45) is 0. The number of nitriles is 1. The van der Waals surface area contributed by atoms with E-state index < -0.39 is 0 Å². The van der Waals surface area contributed by atoms with Crippen LogP contribution in [0.15, 0.2) is 4.47 Å². The standard InChI is InChI=1S/C16H23BrN2O/c1-9(2)13(7-18)8-19-15-12(5)14(17)10(3)11(4)16(15)20-6/h9,13,19H,8H2,1-6H3. The zero-order valence-corrected chi connectivity index (χ0v) is 14.7. The Hall–Kier alpha value is -1.21. The highest BCUT2D eigenvalue weighted by molar-refractivity contribution is 9.10. The topological polar surface area (TPSA) is 45.0 Å². The van der Waals surface area contributed by atoms with Crippen LogP contribution in [-0.2, 0) is 0 Å². The lowest BCUT2D eigenvalue weighted by molar-refractivity contribution is 0.411. The van der Waals surface area contributed by atoms with Gasteiger partial charge in [0.1, 0.15) is 5.75 Å². The second-order valence-electron chi connectivity index (χ2n) is 5.46. The van der Waals surface area contributed by atoms with Crippen molar-refractivity contribution in [2.24, 2.45) is 11.8 Å². The zero-order valence-electron chi connectivity index (χ0n) is 13.1. The molecule has 0 aliphatic rings. The Labute approximate surface area is 130 Å². The maximum Gasteiger partial charge on any atom is 0.145 e. The van der Waals surface area contributed by atoms with Crippen LogP contribution in [0.2, 0.25) is 0 Å². The molecule has 0 saturated carbocycles. The summed E-state index contributed by atoms with van der Waals surface area (Å²) in [5.74, 6) is 1.18. The van der Waals surface area contributed by atoms with Crippen molar-refractivity contribution in [3.63, 3.8) is 0 Å². The molecule has 0 aliphatic heterocycles. The molecule has 0 heterocycles. The molecule has 0 spiro atoms. The number of anilines is 1. The van der Waals surface area contributed by atoms with E-state index in [0.29, 0.717) is 12.5 Å². The van der Waals surface area contributed by atoms with E-state index in [0.717, 1.165) is 27.0 Å². The van der Waals surface area contributed by atoms with Gasteiger partial charge in [0.15, 0.2) is 0 Å². The minimum absolute atomic E-state index is 0.0144. The van der Waals surface area contributed by atoms with E-state index in [4.69, 9.17) is 4.74 Å². The molecule has 0 fully saturated rings. The van der Waals surface area contributed by atoms with E-state index in [-0.39, 0.29) is 5.92 Å². The van der Waals surface area contributed by atoms with Gasteiger partial charge in [-0.25, -0.2) is 0 Å². The van der Waals surface area contributed by atoms with Crippen LogP contribution in [0.3, 0.4) is 0 Å².